The van der Waals surface area contributed by atoms with Crippen molar-refractivity contribution in [2.45, 2.75) is 69.7 Å². The van der Waals surface area contributed by atoms with E-state index in [4.69, 9.17) is 9.47 Å². The van der Waals surface area contributed by atoms with Crippen molar-refractivity contribution in [3.8, 4) is 0 Å². The highest BCUT2D eigenvalue weighted by Gasteiger charge is 2.20. The number of aliphatic hydroxyl groups is 1. The molecule has 1 saturated heterocycles. The highest BCUT2D eigenvalue weighted by molar-refractivity contribution is 4.71. The Bertz CT molecular complexity index is 182. The lowest BCUT2D eigenvalue weighted by Crippen LogP contribution is -2.24. The van der Waals surface area contributed by atoms with Crippen LogP contribution in [0.2, 0.25) is 0 Å². The fourth-order valence-electron chi connectivity index (χ4n) is 2.64. The molecule has 1 saturated carbocycles. The Kier molecular flexibility index (Phi) is 5.07. The van der Waals surface area contributed by atoms with Gasteiger partial charge in [-0.3, -0.25) is 0 Å². The number of hydrogen-bond acceptors (Lipinski definition) is 3. The van der Waals surface area contributed by atoms with Crippen molar-refractivity contribution in [2.24, 2.45) is 0 Å². The van der Waals surface area contributed by atoms with E-state index in [1.807, 2.05) is 0 Å². The van der Waals surface area contributed by atoms with Gasteiger partial charge in [0.1, 0.15) is 0 Å². The van der Waals surface area contributed by atoms with Gasteiger partial charge in [-0.1, -0.05) is 0 Å². The minimum absolute atomic E-state index is 0.0771. The van der Waals surface area contributed by atoms with Crippen molar-refractivity contribution in [3.63, 3.8) is 0 Å². The summed E-state index contributed by atoms with van der Waals surface area (Å²) in [5.74, 6) is 0. The smallest absolute Gasteiger partial charge is 0.0577 e. The first-order valence-electron chi connectivity index (χ1n) is 6.76. The van der Waals surface area contributed by atoms with Crippen LogP contribution in [0.3, 0.4) is 0 Å². The first-order valence-corrected chi connectivity index (χ1v) is 6.76. The molecule has 0 radical (unpaired) electrons. The number of ether oxygens (including phenoxy) is 2. The van der Waals surface area contributed by atoms with Crippen molar-refractivity contribution < 1.29 is 14.6 Å². The van der Waals surface area contributed by atoms with Crippen LogP contribution in [0.4, 0.5) is 0 Å². The number of aliphatic hydroxyl groups excluding tert-OH is 1. The molecule has 0 aromatic carbocycles. The molecule has 2 aliphatic rings. The molecule has 1 heterocycles. The average molecular weight is 228 g/mol. The van der Waals surface area contributed by atoms with E-state index in [1.165, 1.54) is 12.8 Å². The van der Waals surface area contributed by atoms with Crippen LogP contribution in [0.1, 0.15) is 51.4 Å². The number of rotatable bonds is 5. The molecular weight excluding hydrogens is 204 g/mol. The van der Waals surface area contributed by atoms with E-state index in [0.29, 0.717) is 12.2 Å². The third-order valence-electron chi connectivity index (χ3n) is 3.69. The summed E-state index contributed by atoms with van der Waals surface area (Å²) in [6.45, 7) is 1.81. The molecule has 1 aliphatic heterocycles. The van der Waals surface area contributed by atoms with Gasteiger partial charge >= 0.3 is 0 Å². The quantitative estimate of drug-likeness (QED) is 0.734. The third-order valence-corrected chi connectivity index (χ3v) is 3.69. The topological polar surface area (TPSA) is 38.7 Å². The second-order valence-corrected chi connectivity index (χ2v) is 5.08. The molecule has 0 aromatic heterocycles. The maximum atomic E-state index is 9.37. The molecule has 16 heavy (non-hydrogen) atoms. The van der Waals surface area contributed by atoms with Crippen LogP contribution in [-0.4, -0.2) is 36.6 Å². The highest BCUT2D eigenvalue weighted by Crippen LogP contribution is 2.22. The Labute approximate surface area is 98.1 Å². The average Bonchev–Trinajstić information content (AvgIpc) is 2.80. The summed E-state index contributed by atoms with van der Waals surface area (Å²) in [7, 11) is 0. The Morgan fingerprint density at radius 3 is 2.62 bits per heavy atom. The van der Waals surface area contributed by atoms with Crippen LogP contribution in [0.5, 0.6) is 0 Å². The van der Waals surface area contributed by atoms with Gasteiger partial charge < -0.3 is 14.6 Å². The molecule has 1 atom stereocenters. The molecule has 0 bridgehead atoms. The molecule has 2 fully saturated rings. The molecule has 1 unspecified atom stereocenters. The van der Waals surface area contributed by atoms with Crippen molar-refractivity contribution in [3.05, 3.63) is 0 Å². The summed E-state index contributed by atoms with van der Waals surface area (Å²) in [5.41, 5.74) is 0. The van der Waals surface area contributed by atoms with Crippen LogP contribution in [-0.2, 0) is 9.47 Å². The van der Waals surface area contributed by atoms with E-state index in [9.17, 15) is 5.11 Å². The normalized spacial score (nSPS) is 35.4. The largest absolute Gasteiger partial charge is 0.393 e. The molecule has 0 aromatic rings. The van der Waals surface area contributed by atoms with Gasteiger partial charge in [0, 0.05) is 13.2 Å². The predicted octanol–water partition coefficient (Wildman–Crippen LogP) is 2.27. The van der Waals surface area contributed by atoms with Gasteiger partial charge in [0.2, 0.25) is 0 Å². The zero-order chi connectivity index (χ0) is 11.2. The maximum Gasteiger partial charge on any atom is 0.0577 e. The molecule has 0 amide bonds. The molecule has 3 heteroatoms. The van der Waals surface area contributed by atoms with Crippen LogP contribution < -0.4 is 0 Å². The van der Waals surface area contributed by atoms with Crippen LogP contribution in [0.25, 0.3) is 0 Å². The summed E-state index contributed by atoms with van der Waals surface area (Å²) in [5, 5.41) is 9.37. The lowest BCUT2D eigenvalue weighted by molar-refractivity contribution is -0.00818. The molecule has 0 spiro atoms. The summed E-state index contributed by atoms with van der Waals surface area (Å²) < 4.78 is 11.4. The third kappa shape index (κ3) is 4.04. The minimum atomic E-state index is -0.0771. The molecular formula is C13H24O3. The maximum absolute atomic E-state index is 9.37. The van der Waals surface area contributed by atoms with E-state index >= 15 is 0 Å². The zero-order valence-corrected chi connectivity index (χ0v) is 10.1. The van der Waals surface area contributed by atoms with Gasteiger partial charge in [-0.25, -0.2) is 0 Å². The van der Waals surface area contributed by atoms with Crippen molar-refractivity contribution >= 4 is 0 Å². The lowest BCUT2D eigenvalue weighted by Gasteiger charge is -2.25. The molecule has 3 nitrogen and oxygen atoms in total. The Balaban J connectivity index is 1.48. The zero-order valence-electron chi connectivity index (χ0n) is 10.1. The van der Waals surface area contributed by atoms with Gasteiger partial charge in [-0.15, -0.1) is 0 Å². The van der Waals surface area contributed by atoms with Crippen molar-refractivity contribution in [1.82, 2.24) is 0 Å². The second-order valence-electron chi connectivity index (χ2n) is 5.08. The van der Waals surface area contributed by atoms with Crippen molar-refractivity contribution in [2.75, 3.05) is 13.2 Å². The van der Waals surface area contributed by atoms with Crippen LogP contribution in [0, 0.1) is 0 Å². The second kappa shape index (κ2) is 6.58. The monoisotopic (exact) mass is 228 g/mol. The molecule has 94 valence electrons. The summed E-state index contributed by atoms with van der Waals surface area (Å²) >= 11 is 0. The highest BCUT2D eigenvalue weighted by atomic mass is 16.5. The van der Waals surface area contributed by atoms with E-state index < -0.39 is 0 Å². The predicted molar refractivity (Wildman–Crippen MR) is 62.4 cm³/mol. The molecule has 1 N–H and O–H groups in total. The van der Waals surface area contributed by atoms with Crippen molar-refractivity contribution in [1.29, 1.82) is 0 Å². The molecule has 2 rings (SSSR count). The van der Waals surface area contributed by atoms with E-state index in [2.05, 4.69) is 0 Å². The van der Waals surface area contributed by atoms with E-state index in [0.717, 1.165) is 51.7 Å². The Hall–Kier alpha value is -0.120. The number of hydrogen-bond donors (Lipinski definition) is 1. The van der Waals surface area contributed by atoms with Gasteiger partial charge in [0.15, 0.2) is 0 Å². The fourth-order valence-corrected chi connectivity index (χ4v) is 2.64. The van der Waals surface area contributed by atoms with E-state index in [1.54, 1.807) is 0 Å². The molecule has 1 aliphatic carbocycles. The fraction of sp³-hybridized carbons (Fsp3) is 1.00. The first kappa shape index (κ1) is 12.3. The minimum Gasteiger partial charge on any atom is -0.393 e. The van der Waals surface area contributed by atoms with Crippen LogP contribution in [0.15, 0.2) is 0 Å². The summed E-state index contributed by atoms with van der Waals surface area (Å²) in [6.07, 6.45) is 9.42. The summed E-state index contributed by atoms with van der Waals surface area (Å²) in [4.78, 5) is 0. The Morgan fingerprint density at radius 1 is 1.12 bits per heavy atom. The lowest BCUT2D eigenvalue weighted by atomic mass is 9.95. The van der Waals surface area contributed by atoms with Gasteiger partial charge in [-0.2, -0.15) is 0 Å². The Morgan fingerprint density at radius 2 is 1.94 bits per heavy atom. The SMILES string of the molecule is OC1CCC(OCCCC2CCCO2)CC1. The standard InChI is InChI=1S/C13H24O3/c14-11-5-7-13(8-6-11)16-10-2-4-12-3-1-9-15-12/h11-14H,1-10H2. The van der Waals surface area contributed by atoms with Gasteiger partial charge in [0.05, 0.1) is 18.3 Å². The van der Waals surface area contributed by atoms with E-state index in [-0.39, 0.29) is 6.10 Å². The van der Waals surface area contributed by atoms with Gasteiger partial charge in [0.25, 0.3) is 0 Å². The summed E-state index contributed by atoms with van der Waals surface area (Å²) in [6, 6.07) is 0. The van der Waals surface area contributed by atoms with Gasteiger partial charge in [-0.05, 0) is 51.4 Å². The van der Waals surface area contributed by atoms with Crippen LogP contribution >= 0.6 is 0 Å². The first-order chi connectivity index (χ1) is 7.84.